The van der Waals surface area contributed by atoms with Gasteiger partial charge in [-0.3, -0.25) is 14.1 Å². The SMILES string of the molecule is CCCCCCCCOC(=O)CC(C(=O)O)S(=O)(=O)O. The number of ether oxygens (including phenoxy) is 1. The Morgan fingerprint density at radius 2 is 1.65 bits per heavy atom. The third kappa shape index (κ3) is 8.87. The number of unbranched alkanes of at least 4 members (excludes halogenated alkanes) is 5. The molecule has 0 rings (SSSR count). The first-order valence-corrected chi connectivity index (χ1v) is 8.14. The van der Waals surface area contributed by atoms with Crippen LogP contribution < -0.4 is 0 Å². The Kier molecular flexibility index (Phi) is 9.15. The van der Waals surface area contributed by atoms with Crippen LogP contribution in [0.1, 0.15) is 51.9 Å². The third-order valence-electron chi connectivity index (χ3n) is 2.75. The molecule has 0 saturated carbocycles. The minimum Gasteiger partial charge on any atom is -0.480 e. The van der Waals surface area contributed by atoms with Gasteiger partial charge in [-0.2, -0.15) is 8.42 Å². The van der Waals surface area contributed by atoms with Crippen LogP contribution in [0.4, 0.5) is 0 Å². The molecule has 0 fully saturated rings. The van der Waals surface area contributed by atoms with Gasteiger partial charge in [-0.05, 0) is 6.42 Å². The lowest BCUT2D eigenvalue weighted by atomic mass is 10.1. The first kappa shape index (κ1) is 18.9. The van der Waals surface area contributed by atoms with Crippen molar-refractivity contribution in [3.8, 4) is 0 Å². The van der Waals surface area contributed by atoms with E-state index in [0.29, 0.717) is 6.42 Å². The van der Waals surface area contributed by atoms with E-state index in [-0.39, 0.29) is 6.61 Å². The average molecular weight is 310 g/mol. The summed E-state index contributed by atoms with van der Waals surface area (Å²) in [4.78, 5) is 21.9. The van der Waals surface area contributed by atoms with Gasteiger partial charge < -0.3 is 9.84 Å². The van der Waals surface area contributed by atoms with Gasteiger partial charge in [-0.1, -0.05) is 39.0 Å². The molecule has 0 amide bonds. The molecule has 0 radical (unpaired) electrons. The van der Waals surface area contributed by atoms with Gasteiger partial charge >= 0.3 is 11.9 Å². The van der Waals surface area contributed by atoms with E-state index in [0.717, 1.165) is 32.1 Å². The summed E-state index contributed by atoms with van der Waals surface area (Å²) in [7, 11) is -4.81. The second-order valence-corrected chi connectivity index (χ2v) is 6.13. The molecule has 0 aliphatic heterocycles. The Hall–Kier alpha value is -1.15. The topological polar surface area (TPSA) is 118 Å². The van der Waals surface area contributed by atoms with Gasteiger partial charge in [0.05, 0.1) is 13.0 Å². The van der Waals surface area contributed by atoms with Crippen molar-refractivity contribution < 1.29 is 32.4 Å². The molecule has 0 aromatic rings. The van der Waals surface area contributed by atoms with Crippen LogP contribution in [-0.2, 0) is 24.4 Å². The molecule has 0 saturated heterocycles. The van der Waals surface area contributed by atoms with E-state index in [1.54, 1.807) is 0 Å². The van der Waals surface area contributed by atoms with Crippen molar-refractivity contribution in [1.82, 2.24) is 0 Å². The quantitative estimate of drug-likeness (QED) is 0.338. The van der Waals surface area contributed by atoms with Crippen molar-refractivity contribution >= 4 is 22.1 Å². The van der Waals surface area contributed by atoms with Gasteiger partial charge in [0.25, 0.3) is 10.1 Å². The molecule has 1 atom stereocenters. The van der Waals surface area contributed by atoms with Crippen LogP contribution >= 0.6 is 0 Å². The number of rotatable bonds is 11. The summed E-state index contributed by atoms with van der Waals surface area (Å²) in [5.41, 5.74) is 0. The smallest absolute Gasteiger partial charge is 0.325 e. The van der Waals surface area contributed by atoms with Crippen LogP contribution in [0.15, 0.2) is 0 Å². The van der Waals surface area contributed by atoms with Gasteiger partial charge in [0, 0.05) is 0 Å². The Morgan fingerprint density at radius 3 is 2.15 bits per heavy atom. The van der Waals surface area contributed by atoms with Gasteiger partial charge in [0.1, 0.15) is 0 Å². The van der Waals surface area contributed by atoms with Crippen LogP contribution in [0.3, 0.4) is 0 Å². The van der Waals surface area contributed by atoms with E-state index in [2.05, 4.69) is 6.92 Å². The van der Waals surface area contributed by atoms with E-state index >= 15 is 0 Å². The maximum atomic E-state index is 11.3. The van der Waals surface area contributed by atoms with Gasteiger partial charge in [-0.25, -0.2) is 0 Å². The van der Waals surface area contributed by atoms with E-state index in [1.807, 2.05) is 0 Å². The van der Waals surface area contributed by atoms with Gasteiger partial charge in [0.2, 0.25) is 0 Å². The average Bonchev–Trinajstić information content (AvgIpc) is 2.33. The number of carbonyl (C=O) groups excluding carboxylic acids is 1. The molecule has 118 valence electrons. The highest BCUT2D eigenvalue weighted by atomic mass is 32.2. The summed E-state index contributed by atoms with van der Waals surface area (Å²) < 4.78 is 34.9. The van der Waals surface area contributed by atoms with Crippen LogP contribution in [0.25, 0.3) is 0 Å². The summed E-state index contributed by atoms with van der Waals surface area (Å²) in [6.45, 7) is 2.23. The van der Waals surface area contributed by atoms with E-state index in [4.69, 9.17) is 14.4 Å². The molecule has 20 heavy (non-hydrogen) atoms. The molecular formula is C12H22O7S. The Labute approximate surface area is 119 Å². The summed E-state index contributed by atoms with van der Waals surface area (Å²) in [5, 5.41) is 6.44. The fraction of sp³-hybridized carbons (Fsp3) is 0.833. The van der Waals surface area contributed by atoms with Crippen molar-refractivity contribution in [3.05, 3.63) is 0 Å². The summed E-state index contributed by atoms with van der Waals surface area (Å²) in [6, 6.07) is 0. The zero-order chi connectivity index (χ0) is 15.6. The molecule has 0 bridgehead atoms. The summed E-state index contributed by atoms with van der Waals surface area (Å²) in [6.07, 6.45) is 5.12. The maximum absolute atomic E-state index is 11.3. The Bertz CT molecular complexity index is 402. The van der Waals surface area contributed by atoms with Crippen molar-refractivity contribution in [2.24, 2.45) is 0 Å². The number of hydrogen-bond donors (Lipinski definition) is 2. The molecule has 7 nitrogen and oxygen atoms in total. The Balaban J connectivity index is 3.90. The zero-order valence-corrected chi connectivity index (χ0v) is 12.4. The molecule has 0 spiro atoms. The molecule has 0 aromatic heterocycles. The van der Waals surface area contributed by atoms with Crippen LogP contribution in [0.2, 0.25) is 0 Å². The normalized spacial score (nSPS) is 12.9. The number of carbonyl (C=O) groups is 2. The second kappa shape index (κ2) is 9.71. The highest BCUT2D eigenvalue weighted by Gasteiger charge is 2.33. The third-order valence-corrected chi connectivity index (χ3v) is 3.84. The number of carboxylic acid groups (broad SMARTS) is 1. The fourth-order valence-corrected chi connectivity index (χ4v) is 2.20. The molecule has 0 heterocycles. The van der Waals surface area contributed by atoms with Gasteiger partial charge in [-0.15, -0.1) is 0 Å². The molecule has 0 aliphatic rings. The number of aliphatic carboxylic acids is 1. The van der Waals surface area contributed by atoms with Gasteiger partial charge in [0.15, 0.2) is 5.25 Å². The molecule has 1 unspecified atom stereocenters. The Morgan fingerprint density at radius 1 is 1.10 bits per heavy atom. The van der Waals surface area contributed by atoms with E-state index in [1.165, 1.54) is 0 Å². The van der Waals surface area contributed by atoms with Crippen molar-refractivity contribution in [3.63, 3.8) is 0 Å². The summed E-state index contributed by atoms with van der Waals surface area (Å²) >= 11 is 0. The first-order valence-electron chi connectivity index (χ1n) is 6.63. The van der Waals surface area contributed by atoms with Crippen LogP contribution in [0, 0.1) is 0 Å². The monoisotopic (exact) mass is 310 g/mol. The molecule has 8 heteroatoms. The molecule has 0 aromatic carbocycles. The predicted octanol–water partition coefficient (Wildman–Crippen LogP) is 1.62. The molecule has 2 N–H and O–H groups in total. The standard InChI is InChI=1S/C12H22O7S/c1-2-3-4-5-6-7-8-19-11(13)9-10(12(14)15)20(16,17)18/h10H,2-9H2,1H3,(H,14,15)(H,16,17,18). The van der Waals surface area contributed by atoms with E-state index in [9.17, 15) is 18.0 Å². The highest BCUT2D eigenvalue weighted by Crippen LogP contribution is 2.08. The minimum atomic E-state index is -4.81. The highest BCUT2D eigenvalue weighted by molar-refractivity contribution is 7.87. The number of esters is 1. The fourth-order valence-electron chi connectivity index (χ4n) is 1.60. The van der Waals surface area contributed by atoms with E-state index < -0.39 is 33.7 Å². The zero-order valence-electron chi connectivity index (χ0n) is 11.6. The molecular weight excluding hydrogens is 288 g/mol. The first-order chi connectivity index (χ1) is 9.29. The minimum absolute atomic E-state index is 0.128. The number of carboxylic acids is 1. The lowest BCUT2D eigenvalue weighted by Crippen LogP contribution is -2.32. The van der Waals surface area contributed by atoms with Crippen molar-refractivity contribution in [2.75, 3.05) is 6.61 Å². The lowest BCUT2D eigenvalue weighted by molar-refractivity contribution is -0.147. The van der Waals surface area contributed by atoms with Crippen LogP contribution in [-0.4, -0.2) is 41.9 Å². The van der Waals surface area contributed by atoms with Crippen molar-refractivity contribution in [1.29, 1.82) is 0 Å². The number of hydrogen-bond acceptors (Lipinski definition) is 5. The maximum Gasteiger partial charge on any atom is 0.325 e. The second-order valence-electron chi connectivity index (χ2n) is 4.53. The predicted molar refractivity (Wildman–Crippen MR) is 71.9 cm³/mol. The lowest BCUT2D eigenvalue weighted by Gasteiger charge is -2.09. The molecule has 0 aliphatic carbocycles. The largest absolute Gasteiger partial charge is 0.480 e. The van der Waals surface area contributed by atoms with Crippen LogP contribution in [0.5, 0.6) is 0 Å². The van der Waals surface area contributed by atoms with Crippen molar-refractivity contribution in [2.45, 2.75) is 57.1 Å². The summed E-state index contributed by atoms with van der Waals surface area (Å²) in [5.74, 6) is -2.72.